The van der Waals surface area contributed by atoms with Gasteiger partial charge in [0.2, 0.25) is 10.0 Å². The number of rotatable bonds is 11. The molecule has 0 saturated carbocycles. The van der Waals surface area contributed by atoms with Crippen LogP contribution in [0.3, 0.4) is 0 Å². The zero-order valence-electron chi connectivity index (χ0n) is 18.9. The number of ether oxygens (including phenoxy) is 1. The summed E-state index contributed by atoms with van der Waals surface area (Å²) >= 11 is 0. The van der Waals surface area contributed by atoms with E-state index in [-0.39, 0.29) is 29.5 Å². The maximum atomic E-state index is 12.7. The van der Waals surface area contributed by atoms with Gasteiger partial charge in [0.25, 0.3) is 5.91 Å². The van der Waals surface area contributed by atoms with Gasteiger partial charge in [0.15, 0.2) is 6.61 Å². The van der Waals surface area contributed by atoms with Gasteiger partial charge in [0.05, 0.1) is 4.90 Å². The number of hydrogen-bond acceptors (Lipinski definition) is 4. The SMILES string of the molecule is C[C@H](CCc1ccccc1)NC(=O)COc1ccc(S(=O)(=O)N[C@@H](C)c2ccccc2)cc1. The van der Waals surface area contributed by atoms with E-state index < -0.39 is 10.0 Å². The molecule has 3 aromatic rings. The molecule has 0 unspecified atom stereocenters. The summed E-state index contributed by atoms with van der Waals surface area (Å²) in [6.45, 7) is 3.62. The smallest absolute Gasteiger partial charge is 0.258 e. The van der Waals surface area contributed by atoms with Gasteiger partial charge in [0, 0.05) is 12.1 Å². The van der Waals surface area contributed by atoms with E-state index in [1.807, 2.05) is 55.5 Å². The van der Waals surface area contributed by atoms with Crippen LogP contribution in [0.4, 0.5) is 0 Å². The fourth-order valence-electron chi connectivity index (χ4n) is 3.39. The molecule has 0 aliphatic rings. The number of hydrogen-bond donors (Lipinski definition) is 2. The molecule has 0 saturated heterocycles. The third-order valence-corrected chi connectivity index (χ3v) is 6.81. The summed E-state index contributed by atoms with van der Waals surface area (Å²) in [5.41, 5.74) is 2.11. The van der Waals surface area contributed by atoms with Gasteiger partial charge in [-0.3, -0.25) is 4.79 Å². The van der Waals surface area contributed by atoms with Crippen LogP contribution in [0, 0.1) is 0 Å². The summed E-state index contributed by atoms with van der Waals surface area (Å²) in [6.07, 6.45) is 1.71. The third-order valence-electron chi connectivity index (χ3n) is 5.25. The van der Waals surface area contributed by atoms with E-state index in [4.69, 9.17) is 4.74 Å². The molecule has 7 heteroatoms. The second-order valence-corrected chi connectivity index (χ2v) is 9.72. The molecule has 3 aromatic carbocycles. The molecule has 33 heavy (non-hydrogen) atoms. The molecular weight excluding hydrogens is 436 g/mol. The van der Waals surface area contributed by atoms with Gasteiger partial charge in [-0.05, 0) is 62.1 Å². The first-order valence-electron chi connectivity index (χ1n) is 11.0. The van der Waals surface area contributed by atoms with Crippen molar-refractivity contribution in [2.75, 3.05) is 6.61 Å². The Kier molecular flexibility index (Phi) is 8.63. The van der Waals surface area contributed by atoms with Gasteiger partial charge in [-0.15, -0.1) is 0 Å². The lowest BCUT2D eigenvalue weighted by atomic mass is 10.1. The van der Waals surface area contributed by atoms with Crippen LogP contribution in [0.5, 0.6) is 5.75 Å². The fraction of sp³-hybridized carbons (Fsp3) is 0.269. The van der Waals surface area contributed by atoms with E-state index in [0.717, 1.165) is 18.4 Å². The highest BCUT2D eigenvalue weighted by Crippen LogP contribution is 2.19. The predicted molar refractivity (Wildman–Crippen MR) is 129 cm³/mol. The summed E-state index contributed by atoms with van der Waals surface area (Å²) < 4.78 is 33.5. The first-order valence-corrected chi connectivity index (χ1v) is 12.5. The molecule has 3 rings (SSSR count). The lowest BCUT2D eigenvalue weighted by molar-refractivity contribution is -0.123. The van der Waals surface area contributed by atoms with Crippen molar-refractivity contribution in [3.8, 4) is 5.75 Å². The Hall–Kier alpha value is -3.16. The maximum absolute atomic E-state index is 12.7. The van der Waals surface area contributed by atoms with E-state index in [1.165, 1.54) is 17.7 Å². The van der Waals surface area contributed by atoms with Crippen molar-refractivity contribution in [2.45, 2.75) is 43.7 Å². The highest BCUT2D eigenvalue weighted by Gasteiger charge is 2.18. The summed E-state index contributed by atoms with van der Waals surface area (Å²) in [6, 6.07) is 25.2. The first-order chi connectivity index (χ1) is 15.8. The molecule has 2 atom stereocenters. The van der Waals surface area contributed by atoms with Crippen LogP contribution in [-0.4, -0.2) is 27.0 Å². The van der Waals surface area contributed by atoms with Crippen LogP contribution < -0.4 is 14.8 Å². The van der Waals surface area contributed by atoms with Crippen molar-refractivity contribution in [3.05, 3.63) is 96.1 Å². The minimum atomic E-state index is -3.69. The van der Waals surface area contributed by atoms with Crippen molar-refractivity contribution in [2.24, 2.45) is 0 Å². The summed E-state index contributed by atoms with van der Waals surface area (Å²) in [5.74, 6) is 0.211. The van der Waals surface area contributed by atoms with Crippen molar-refractivity contribution >= 4 is 15.9 Å². The summed E-state index contributed by atoms with van der Waals surface area (Å²) in [5, 5.41) is 2.92. The molecule has 6 nitrogen and oxygen atoms in total. The van der Waals surface area contributed by atoms with Crippen molar-refractivity contribution in [1.82, 2.24) is 10.0 Å². The predicted octanol–water partition coefficient (Wildman–Crippen LogP) is 4.24. The van der Waals surface area contributed by atoms with Gasteiger partial charge in [-0.1, -0.05) is 60.7 Å². The second-order valence-electron chi connectivity index (χ2n) is 8.01. The van der Waals surface area contributed by atoms with Crippen LogP contribution in [0.1, 0.15) is 37.4 Å². The normalized spacial score (nSPS) is 13.2. The molecule has 0 spiro atoms. The molecule has 0 aliphatic heterocycles. The Morgan fingerprint density at radius 1 is 0.879 bits per heavy atom. The van der Waals surface area contributed by atoms with Gasteiger partial charge in [-0.25, -0.2) is 13.1 Å². The number of carbonyl (C=O) groups excluding carboxylic acids is 1. The standard InChI is InChI=1S/C26H30N2O4S/c1-20(13-14-22-9-5-3-6-10-22)27-26(29)19-32-24-15-17-25(18-16-24)33(30,31)28-21(2)23-11-7-4-8-12-23/h3-12,15-18,20-21,28H,13-14,19H2,1-2H3,(H,27,29)/t20-,21+/m1/s1. The number of carbonyl (C=O) groups is 1. The topological polar surface area (TPSA) is 84.5 Å². The summed E-state index contributed by atoms with van der Waals surface area (Å²) in [7, 11) is -3.69. The molecule has 2 N–H and O–H groups in total. The maximum Gasteiger partial charge on any atom is 0.258 e. The molecule has 1 amide bonds. The molecule has 174 valence electrons. The van der Waals surface area contributed by atoms with Crippen LogP contribution in [0.25, 0.3) is 0 Å². The molecule has 0 aliphatic carbocycles. The van der Waals surface area contributed by atoms with Crippen LogP contribution >= 0.6 is 0 Å². The average molecular weight is 467 g/mol. The Balaban J connectivity index is 1.46. The van der Waals surface area contributed by atoms with E-state index in [0.29, 0.717) is 5.75 Å². The largest absolute Gasteiger partial charge is 0.484 e. The monoisotopic (exact) mass is 466 g/mol. The molecule has 0 heterocycles. The van der Waals surface area contributed by atoms with Crippen LogP contribution in [-0.2, 0) is 21.2 Å². The fourth-order valence-corrected chi connectivity index (χ4v) is 4.62. The lowest BCUT2D eigenvalue weighted by Crippen LogP contribution is -2.36. The van der Waals surface area contributed by atoms with Gasteiger partial charge >= 0.3 is 0 Å². The van der Waals surface area contributed by atoms with Crippen molar-refractivity contribution < 1.29 is 17.9 Å². The highest BCUT2D eigenvalue weighted by atomic mass is 32.2. The van der Waals surface area contributed by atoms with E-state index in [1.54, 1.807) is 19.1 Å². The van der Waals surface area contributed by atoms with Gasteiger partial charge in [-0.2, -0.15) is 0 Å². The zero-order valence-corrected chi connectivity index (χ0v) is 19.7. The minimum Gasteiger partial charge on any atom is -0.484 e. The minimum absolute atomic E-state index is 0.0199. The van der Waals surface area contributed by atoms with Gasteiger partial charge < -0.3 is 10.1 Å². The van der Waals surface area contributed by atoms with E-state index >= 15 is 0 Å². The molecule has 0 bridgehead atoms. The zero-order chi connectivity index (χ0) is 23.7. The Labute approximate surface area is 196 Å². The number of aryl methyl sites for hydroxylation is 1. The number of benzene rings is 3. The van der Waals surface area contributed by atoms with E-state index in [9.17, 15) is 13.2 Å². The van der Waals surface area contributed by atoms with Crippen molar-refractivity contribution in [1.29, 1.82) is 0 Å². The second kappa shape index (κ2) is 11.6. The van der Waals surface area contributed by atoms with Crippen molar-refractivity contribution in [3.63, 3.8) is 0 Å². The first kappa shape index (κ1) is 24.5. The average Bonchev–Trinajstić information content (AvgIpc) is 2.82. The molecule has 0 aromatic heterocycles. The number of amides is 1. The Morgan fingerprint density at radius 2 is 1.48 bits per heavy atom. The van der Waals surface area contributed by atoms with E-state index in [2.05, 4.69) is 22.2 Å². The number of sulfonamides is 1. The Bertz CT molecular complexity index is 1120. The Morgan fingerprint density at radius 3 is 2.12 bits per heavy atom. The lowest BCUT2D eigenvalue weighted by Gasteiger charge is -2.15. The third kappa shape index (κ3) is 7.73. The quantitative estimate of drug-likeness (QED) is 0.443. The summed E-state index contributed by atoms with van der Waals surface area (Å²) in [4.78, 5) is 12.3. The van der Waals surface area contributed by atoms with Crippen LogP contribution in [0.15, 0.2) is 89.8 Å². The van der Waals surface area contributed by atoms with Crippen LogP contribution in [0.2, 0.25) is 0 Å². The highest BCUT2D eigenvalue weighted by molar-refractivity contribution is 7.89. The molecular formula is C26H30N2O4S. The number of nitrogens with one attached hydrogen (secondary N) is 2. The van der Waals surface area contributed by atoms with Gasteiger partial charge in [0.1, 0.15) is 5.75 Å². The molecule has 0 fully saturated rings. The molecule has 0 radical (unpaired) electrons.